The zero-order chi connectivity index (χ0) is 12.4. The SMILES string of the molecule is Cn1ncnc1CNc1c(Cl)cc(Cl)cc1Cl. The molecular weight excluding hydrogens is 282 g/mol. The van der Waals surface area contributed by atoms with Gasteiger partial charge < -0.3 is 5.32 Å². The van der Waals surface area contributed by atoms with Crippen molar-refractivity contribution >= 4 is 40.5 Å². The Morgan fingerprint density at radius 1 is 1.24 bits per heavy atom. The number of nitrogens with zero attached hydrogens (tertiary/aromatic N) is 3. The third kappa shape index (κ3) is 2.83. The first-order valence-electron chi connectivity index (χ1n) is 4.79. The highest BCUT2D eigenvalue weighted by molar-refractivity contribution is 6.41. The molecule has 0 amide bonds. The molecule has 1 heterocycles. The van der Waals surface area contributed by atoms with Crippen LogP contribution in [-0.2, 0) is 13.6 Å². The summed E-state index contributed by atoms with van der Waals surface area (Å²) in [5.41, 5.74) is 0.640. The molecule has 0 saturated carbocycles. The molecule has 90 valence electrons. The highest BCUT2D eigenvalue weighted by Crippen LogP contribution is 2.33. The van der Waals surface area contributed by atoms with Gasteiger partial charge in [-0.05, 0) is 12.1 Å². The maximum absolute atomic E-state index is 6.04. The Labute approximate surface area is 114 Å². The van der Waals surface area contributed by atoms with Gasteiger partial charge in [-0.3, -0.25) is 4.68 Å². The Morgan fingerprint density at radius 2 is 1.88 bits per heavy atom. The van der Waals surface area contributed by atoms with Gasteiger partial charge in [0.05, 0.1) is 22.3 Å². The molecule has 0 atom stereocenters. The van der Waals surface area contributed by atoms with E-state index in [0.29, 0.717) is 27.3 Å². The molecule has 1 aromatic heterocycles. The van der Waals surface area contributed by atoms with Gasteiger partial charge in [-0.15, -0.1) is 0 Å². The minimum Gasteiger partial charge on any atom is -0.375 e. The summed E-state index contributed by atoms with van der Waals surface area (Å²) in [6.07, 6.45) is 1.49. The second-order valence-electron chi connectivity index (χ2n) is 3.40. The van der Waals surface area contributed by atoms with Gasteiger partial charge in [-0.25, -0.2) is 4.98 Å². The van der Waals surface area contributed by atoms with Crippen LogP contribution < -0.4 is 5.32 Å². The van der Waals surface area contributed by atoms with Crippen molar-refractivity contribution in [3.8, 4) is 0 Å². The van der Waals surface area contributed by atoms with E-state index in [4.69, 9.17) is 34.8 Å². The van der Waals surface area contributed by atoms with Crippen molar-refractivity contribution in [1.29, 1.82) is 0 Å². The van der Waals surface area contributed by atoms with Crippen molar-refractivity contribution in [3.05, 3.63) is 39.4 Å². The third-order valence-corrected chi connectivity index (χ3v) is 3.05. The minimum absolute atomic E-state index is 0.477. The summed E-state index contributed by atoms with van der Waals surface area (Å²) in [4.78, 5) is 4.08. The summed E-state index contributed by atoms with van der Waals surface area (Å²) in [6, 6.07) is 3.27. The predicted octanol–water partition coefficient (Wildman–Crippen LogP) is 3.39. The smallest absolute Gasteiger partial charge is 0.145 e. The van der Waals surface area contributed by atoms with Crippen molar-refractivity contribution < 1.29 is 0 Å². The van der Waals surface area contributed by atoms with Crippen LogP contribution in [0.2, 0.25) is 15.1 Å². The Kier molecular flexibility index (Phi) is 3.76. The van der Waals surface area contributed by atoms with Gasteiger partial charge in [0.2, 0.25) is 0 Å². The van der Waals surface area contributed by atoms with Gasteiger partial charge in [0.25, 0.3) is 0 Å². The van der Waals surface area contributed by atoms with E-state index in [0.717, 1.165) is 5.82 Å². The van der Waals surface area contributed by atoms with E-state index < -0.39 is 0 Å². The molecule has 2 aromatic rings. The number of benzene rings is 1. The summed E-state index contributed by atoms with van der Waals surface area (Å²) in [5, 5.41) is 8.53. The highest BCUT2D eigenvalue weighted by Gasteiger charge is 2.08. The second kappa shape index (κ2) is 5.12. The molecule has 0 unspecified atom stereocenters. The van der Waals surface area contributed by atoms with Gasteiger partial charge in [-0.1, -0.05) is 34.8 Å². The van der Waals surface area contributed by atoms with Gasteiger partial charge in [-0.2, -0.15) is 5.10 Å². The number of anilines is 1. The molecule has 7 heteroatoms. The van der Waals surface area contributed by atoms with E-state index in [-0.39, 0.29) is 0 Å². The molecular formula is C10H9Cl3N4. The van der Waals surface area contributed by atoms with Crippen LogP contribution in [0.25, 0.3) is 0 Å². The maximum Gasteiger partial charge on any atom is 0.145 e. The fraction of sp³-hybridized carbons (Fsp3) is 0.200. The zero-order valence-electron chi connectivity index (χ0n) is 8.91. The van der Waals surface area contributed by atoms with Crippen LogP contribution in [0.1, 0.15) is 5.82 Å². The average molecular weight is 292 g/mol. The standard InChI is InChI=1S/C10H9Cl3N4/c1-17-9(15-5-16-17)4-14-10-7(12)2-6(11)3-8(10)13/h2-3,5,14H,4H2,1H3. The molecule has 0 radical (unpaired) electrons. The quantitative estimate of drug-likeness (QED) is 0.942. The number of halogens is 3. The maximum atomic E-state index is 6.04. The molecule has 0 aliphatic rings. The van der Waals surface area contributed by atoms with Crippen molar-refractivity contribution in [1.82, 2.24) is 14.8 Å². The molecule has 1 aromatic carbocycles. The Balaban J connectivity index is 2.17. The molecule has 4 nitrogen and oxygen atoms in total. The fourth-order valence-corrected chi connectivity index (χ4v) is 2.31. The predicted molar refractivity (Wildman–Crippen MR) is 69.8 cm³/mol. The lowest BCUT2D eigenvalue weighted by Crippen LogP contribution is -2.07. The van der Waals surface area contributed by atoms with Gasteiger partial charge in [0.1, 0.15) is 12.2 Å². The number of hydrogen-bond acceptors (Lipinski definition) is 3. The first-order chi connectivity index (χ1) is 8.08. The summed E-state index contributed by atoms with van der Waals surface area (Å²) in [7, 11) is 1.81. The summed E-state index contributed by atoms with van der Waals surface area (Å²) in [5.74, 6) is 0.784. The normalized spacial score (nSPS) is 10.6. The first kappa shape index (κ1) is 12.5. The van der Waals surface area contributed by atoms with Crippen molar-refractivity contribution in [2.24, 2.45) is 7.05 Å². The van der Waals surface area contributed by atoms with Crippen LogP contribution in [0.5, 0.6) is 0 Å². The van der Waals surface area contributed by atoms with Gasteiger partial charge in [0, 0.05) is 12.1 Å². The van der Waals surface area contributed by atoms with Crippen LogP contribution >= 0.6 is 34.8 Å². The number of aromatic nitrogens is 3. The molecule has 17 heavy (non-hydrogen) atoms. The Morgan fingerprint density at radius 3 is 2.41 bits per heavy atom. The van der Waals surface area contributed by atoms with Crippen molar-refractivity contribution in [2.45, 2.75) is 6.54 Å². The Hall–Kier alpha value is -0.970. The Bertz CT molecular complexity index is 515. The molecule has 0 aliphatic heterocycles. The first-order valence-corrected chi connectivity index (χ1v) is 5.92. The monoisotopic (exact) mass is 290 g/mol. The van der Waals surface area contributed by atoms with Crippen molar-refractivity contribution in [2.75, 3.05) is 5.32 Å². The second-order valence-corrected chi connectivity index (χ2v) is 4.65. The third-order valence-electron chi connectivity index (χ3n) is 2.24. The molecule has 0 saturated heterocycles. The average Bonchev–Trinajstić information content (AvgIpc) is 2.62. The van der Waals surface area contributed by atoms with E-state index in [9.17, 15) is 0 Å². The summed E-state index contributed by atoms with van der Waals surface area (Å²) >= 11 is 17.9. The van der Waals surface area contributed by atoms with Gasteiger partial charge >= 0.3 is 0 Å². The summed E-state index contributed by atoms with van der Waals surface area (Å²) in [6.45, 7) is 0.484. The van der Waals surface area contributed by atoms with Crippen LogP contribution in [-0.4, -0.2) is 14.8 Å². The van der Waals surface area contributed by atoms with Crippen LogP contribution in [0.15, 0.2) is 18.5 Å². The largest absolute Gasteiger partial charge is 0.375 e. The van der Waals surface area contributed by atoms with E-state index in [1.165, 1.54) is 6.33 Å². The number of aryl methyl sites for hydroxylation is 1. The van der Waals surface area contributed by atoms with Crippen LogP contribution in [0.4, 0.5) is 5.69 Å². The number of hydrogen-bond donors (Lipinski definition) is 1. The van der Waals surface area contributed by atoms with Crippen LogP contribution in [0, 0.1) is 0 Å². The molecule has 0 bridgehead atoms. The topological polar surface area (TPSA) is 42.7 Å². The molecule has 1 N–H and O–H groups in total. The number of nitrogens with one attached hydrogen (secondary N) is 1. The minimum atomic E-state index is 0.477. The zero-order valence-corrected chi connectivity index (χ0v) is 11.2. The lowest BCUT2D eigenvalue weighted by atomic mass is 10.3. The molecule has 2 rings (SSSR count). The molecule has 0 fully saturated rings. The van der Waals surface area contributed by atoms with Gasteiger partial charge in [0.15, 0.2) is 0 Å². The summed E-state index contributed by atoms with van der Waals surface area (Å²) < 4.78 is 1.67. The lowest BCUT2D eigenvalue weighted by molar-refractivity contribution is 0.712. The van der Waals surface area contributed by atoms with Crippen LogP contribution in [0.3, 0.4) is 0 Å². The number of rotatable bonds is 3. The van der Waals surface area contributed by atoms with E-state index >= 15 is 0 Å². The molecule has 0 aliphatic carbocycles. The van der Waals surface area contributed by atoms with E-state index in [1.54, 1.807) is 16.8 Å². The fourth-order valence-electron chi connectivity index (χ4n) is 1.36. The molecule has 0 spiro atoms. The highest BCUT2D eigenvalue weighted by atomic mass is 35.5. The lowest BCUT2D eigenvalue weighted by Gasteiger charge is -2.10. The van der Waals surface area contributed by atoms with Crippen molar-refractivity contribution in [3.63, 3.8) is 0 Å². The van der Waals surface area contributed by atoms with E-state index in [1.807, 2.05) is 7.05 Å². The van der Waals surface area contributed by atoms with E-state index in [2.05, 4.69) is 15.4 Å².